The molecule has 0 aromatic rings. The van der Waals surface area contributed by atoms with Crippen LogP contribution >= 0.6 is 0 Å². The van der Waals surface area contributed by atoms with Crippen LogP contribution in [0.4, 0.5) is 4.79 Å². The molecule has 1 heterocycles. The van der Waals surface area contributed by atoms with E-state index in [1.54, 1.807) is 4.90 Å². The second-order valence-electron chi connectivity index (χ2n) is 5.93. The molecule has 110 valence electrons. The van der Waals surface area contributed by atoms with E-state index in [4.69, 9.17) is 5.11 Å². The standard InChI is InChI=1S/C14H27N3O2/c1-12-3-2-7-16(11-12)8-6-15-14(19)17(9-10-18)13-4-5-13/h12-13,18H,2-11H2,1H3,(H,15,19). The Morgan fingerprint density at radius 3 is 2.84 bits per heavy atom. The third kappa shape index (κ3) is 4.66. The molecule has 2 N–H and O–H groups in total. The molecule has 1 atom stereocenters. The summed E-state index contributed by atoms with van der Waals surface area (Å²) in [6, 6.07) is 0.351. The Bertz CT molecular complexity index is 294. The summed E-state index contributed by atoms with van der Waals surface area (Å²) in [7, 11) is 0. The SMILES string of the molecule is CC1CCCN(CCNC(=O)N(CCO)C2CC2)C1. The van der Waals surface area contributed by atoms with Crippen LogP contribution in [-0.4, -0.2) is 66.3 Å². The highest BCUT2D eigenvalue weighted by Gasteiger charge is 2.31. The van der Waals surface area contributed by atoms with Gasteiger partial charge in [-0.05, 0) is 38.1 Å². The number of nitrogens with one attached hydrogen (secondary N) is 1. The van der Waals surface area contributed by atoms with Crippen molar-refractivity contribution in [3.63, 3.8) is 0 Å². The fraction of sp³-hybridized carbons (Fsp3) is 0.929. The Morgan fingerprint density at radius 1 is 1.42 bits per heavy atom. The number of hydrogen-bond donors (Lipinski definition) is 2. The third-order valence-corrected chi connectivity index (χ3v) is 4.03. The number of carbonyl (C=O) groups excluding carboxylic acids is 1. The number of aliphatic hydroxyl groups excluding tert-OH is 1. The van der Waals surface area contributed by atoms with Crippen molar-refractivity contribution >= 4 is 6.03 Å². The summed E-state index contributed by atoms with van der Waals surface area (Å²) in [5, 5.41) is 12.0. The average molecular weight is 269 g/mol. The van der Waals surface area contributed by atoms with Gasteiger partial charge in [0.1, 0.15) is 0 Å². The van der Waals surface area contributed by atoms with E-state index in [2.05, 4.69) is 17.1 Å². The van der Waals surface area contributed by atoms with Gasteiger partial charge in [-0.2, -0.15) is 0 Å². The molecule has 5 heteroatoms. The van der Waals surface area contributed by atoms with Gasteiger partial charge in [0.25, 0.3) is 0 Å². The first-order chi connectivity index (χ1) is 9.20. The molecule has 0 aromatic heterocycles. The van der Waals surface area contributed by atoms with Crippen LogP contribution in [0.5, 0.6) is 0 Å². The van der Waals surface area contributed by atoms with Gasteiger partial charge in [0.05, 0.1) is 6.61 Å². The quantitative estimate of drug-likeness (QED) is 0.753. The van der Waals surface area contributed by atoms with E-state index in [0.29, 0.717) is 19.1 Å². The highest BCUT2D eigenvalue weighted by Crippen LogP contribution is 2.26. The predicted octanol–water partition coefficient (Wildman–Crippen LogP) is 0.885. The summed E-state index contributed by atoms with van der Waals surface area (Å²) in [5.74, 6) is 0.779. The third-order valence-electron chi connectivity index (χ3n) is 4.03. The van der Waals surface area contributed by atoms with E-state index in [0.717, 1.165) is 38.4 Å². The monoisotopic (exact) mass is 269 g/mol. The normalized spacial score (nSPS) is 24.2. The lowest BCUT2D eigenvalue weighted by Gasteiger charge is -2.31. The molecule has 1 saturated carbocycles. The summed E-state index contributed by atoms with van der Waals surface area (Å²) in [6.07, 6.45) is 4.76. The Kier molecular flexibility index (Phi) is 5.45. The Labute approximate surface area is 115 Å². The lowest BCUT2D eigenvalue weighted by molar-refractivity contribution is 0.165. The fourth-order valence-electron chi connectivity index (χ4n) is 2.86. The Hall–Kier alpha value is -0.810. The number of likely N-dealkylation sites (tertiary alicyclic amines) is 1. The number of carbonyl (C=O) groups is 1. The van der Waals surface area contributed by atoms with Crippen molar-refractivity contribution in [3.8, 4) is 0 Å². The summed E-state index contributed by atoms with van der Waals surface area (Å²) in [6.45, 7) is 6.75. The van der Waals surface area contributed by atoms with Crippen LogP contribution in [0.15, 0.2) is 0 Å². The van der Waals surface area contributed by atoms with Gasteiger partial charge in [-0.1, -0.05) is 6.92 Å². The van der Waals surface area contributed by atoms with Crippen LogP contribution in [0.2, 0.25) is 0 Å². The van der Waals surface area contributed by atoms with Crippen molar-refractivity contribution in [3.05, 3.63) is 0 Å². The minimum Gasteiger partial charge on any atom is -0.395 e. The molecular weight excluding hydrogens is 242 g/mol. The minimum absolute atomic E-state index is 0.0124. The molecule has 1 saturated heterocycles. The number of piperidine rings is 1. The first kappa shape index (κ1) is 14.6. The first-order valence-corrected chi connectivity index (χ1v) is 7.58. The van der Waals surface area contributed by atoms with Crippen LogP contribution in [0.1, 0.15) is 32.6 Å². The van der Waals surface area contributed by atoms with Gasteiger partial charge >= 0.3 is 6.03 Å². The van der Waals surface area contributed by atoms with Gasteiger partial charge in [0.2, 0.25) is 0 Å². The van der Waals surface area contributed by atoms with Crippen molar-refractivity contribution in [2.24, 2.45) is 5.92 Å². The van der Waals surface area contributed by atoms with Gasteiger partial charge in [-0.25, -0.2) is 4.79 Å². The highest BCUT2D eigenvalue weighted by atomic mass is 16.3. The number of amides is 2. The molecule has 1 aliphatic carbocycles. The molecule has 2 amide bonds. The van der Waals surface area contributed by atoms with E-state index < -0.39 is 0 Å². The van der Waals surface area contributed by atoms with Gasteiger partial charge in [0, 0.05) is 32.2 Å². The highest BCUT2D eigenvalue weighted by molar-refractivity contribution is 5.74. The largest absolute Gasteiger partial charge is 0.395 e. The lowest BCUT2D eigenvalue weighted by atomic mass is 10.0. The van der Waals surface area contributed by atoms with E-state index in [1.165, 1.54) is 12.8 Å². The van der Waals surface area contributed by atoms with Crippen LogP contribution in [0, 0.1) is 5.92 Å². The molecule has 5 nitrogen and oxygen atoms in total. The van der Waals surface area contributed by atoms with Gasteiger partial charge in [-0.3, -0.25) is 0 Å². The van der Waals surface area contributed by atoms with Gasteiger partial charge < -0.3 is 20.2 Å². The number of hydrogen-bond acceptors (Lipinski definition) is 3. The zero-order valence-electron chi connectivity index (χ0n) is 12.0. The number of urea groups is 1. The maximum absolute atomic E-state index is 12.0. The fourth-order valence-corrected chi connectivity index (χ4v) is 2.86. The van der Waals surface area contributed by atoms with E-state index in [-0.39, 0.29) is 12.6 Å². The van der Waals surface area contributed by atoms with E-state index in [9.17, 15) is 4.79 Å². The van der Waals surface area contributed by atoms with Gasteiger partial charge in [-0.15, -0.1) is 0 Å². The van der Waals surface area contributed by atoms with Crippen molar-refractivity contribution in [2.45, 2.75) is 38.6 Å². The van der Waals surface area contributed by atoms with Crippen LogP contribution in [-0.2, 0) is 0 Å². The molecule has 0 spiro atoms. The zero-order valence-corrected chi connectivity index (χ0v) is 12.0. The number of aliphatic hydroxyl groups is 1. The smallest absolute Gasteiger partial charge is 0.317 e. The first-order valence-electron chi connectivity index (χ1n) is 7.58. The predicted molar refractivity (Wildman–Crippen MR) is 75.1 cm³/mol. The summed E-state index contributed by atoms with van der Waals surface area (Å²) in [5.41, 5.74) is 0. The summed E-state index contributed by atoms with van der Waals surface area (Å²) < 4.78 is 0. The molecule has 0 bridgehead atoms. The van der Waals surface area contributed by atoms with Gasteiger partial charge in [0.15, 0.2) is 0 Å². The van der Waals surface area contributed by atoms with E-state index in [1.807, 2.05) is 0 Å². The zero-order chi connectivity index (χ0) is 13.7. The second kappa shape index (κ2) is 7.10. The van der Waals surface area contributed by atoms with E-state index >= 15 is 0 Å². The molecule has 2 aliphatic rings. The lowest BCUT2D eigenvalue weighted by Crippen LogP contribution is -2.46. The van der Waals surface area contributed by atoms with Crippen molar-refractivity contribution < 1.29 is 9.90 Å². The topological polar surface area (TPSA) is 55.8 Å². The average Bonchev–Trinajstić information content (AvgIpc) is 3.20. The maximum atomic E-state index is 12.0. The minimum atomic E-state index is -0.0124. The Morgan fingerprint density at radius 2 is 2.21 bits per heavy atom. The number of nitrogens with zero attached hydrogens (tertiary/aromatic N) is 2. The molecule has 1 unspecified atom stereocenters. The van der Waals surface area contributed by atoms with Crippen LogP contribution < -0.4 is 5.32 Å². The van der Waals surface area contributed by atoms with Crippen molar-refractivity contribution in [1.29, 1.82) is 0 Å². The second-order valence-corrected chi connectivity index (χ2v) is 5.93. The van der Waals surface area contributed by atoms with Crippen molar-refractivity contribution in [2.75, 3.05) is 39.3 Å². The van der Waals surface area contributed by atoms with Crippen LogP contribution in [0.3, 0.4) is 0 Å². The van der Waals surface area contributed by atoms with Crippen LogP contribution in [0.25, 0.3) is 0 Å². The summed E-state index contributed by atoms with van der Waals surface area (Å²) >= 11 is 0. The molecular formula is C14H27N3O2. The molecule has 2 rings (SSSR count). The summed E-state index contributed by atoms with van der Waals surface area (Å²) in [4.78, 5) is 16.2. The molecule has 19 heavy (non-hydrogen) atoms. The van der Waals surface area contributed by atoms with Crippen molar-refractivity contribution in [1.82, 2.24) is 15.1 Å². The number of rotatable bonds is 6. The molecule has 2 fully saturated rings. The molecule has 0 aromatic carbocycles. The maximum Gasteiger partial charge on any atom is 0.317 e. The molecule has 0 radical (unpaired) electrons. The molecule has 1 aliphatic heterocycles. The Balaban J connectivity index is 1.65.